The van der Waals surface area contributed by atoms with Gasteiger partial charge in [0.15, 0.2) is 0 Å². The van der Waals surface area contributed by atoms with E-state index in [1.165, 1.54) is 17.7 Å². The molecule has 20 nitrogen and oxygen atoms in total. The summed E-state index contributed by atoms with van der Waals surface area (Å²) in [6.07, 6.45) is 6.67. The molecular weight excluding hydrogens is 1030 g/mol. The molecule has 0 fully saturated rings. The minimum atomic E-state index is -0.547. The molecule has 0 saturated heterocycles. The number of aromatic nitrogens is 4. The molecule has 8 rings (SSSR count). The summed E-state index contributed by atoms with van der Waals surface area (Å²) in [4.78, 5) is 68.1. The zero-order chi connectivity index (χ0) is 57.6. The molecule has 0 bridgehead atoms. The SMILES string of the molecule is C=CC(=O)Nc1cccc(Nc2nc(Cl)ncc2C)c1.C=CC(=O)Nc1cccc(Nc2nc(Nc3cc4c(cc3OC)CN(C(=O)OC(C)(C)C)CC4)ncc2C)c1.COc1cc2c(cc1N)CCN(C(=O)OC(C)(C)C)C2. The second-order valence-electron chi connectivity index (χ2n) is 20.3. The van der Waals surface area contributed by atoms with Crippen molar-refractivity contribution >= 4 is 87.3 Å². The fourth-order valence-corrected chi connectivity index (χ4v) is 8.04. The number of methoxy groups -OCH3 is 2. The predicted molar refractivity (Wildman–Crippen MR) is 310 cm³/mol. The van der Waals surface area contributed by atoms with Gasteiger partial charge < -0.3 is 61.1 Å². The second-order valence-corrected chi connectivity index (χ2v) is 20.6. The van der Waals surface area contributed by atoms with Crippen molar-refractivity contribution < 1.29 is 38.1 Å². The molecule has 0 spiro atoms. The highest BCUT2D eigenvalue weighted by Gasteiger charge is 2.28. The number of nitrogens with zero attached hydrogens (tertiary/aromatic N) is 6. The summed E-state index contributed by atoms with van der Waals surface area (Å²) in [5.74, 6) is 2.35. The number of nitrogens with two attached hydrogens (primary N) is 1. The van der Waals surface area contributed by atoms with Crippen molar-refractivity contribution in [2.24, 2.45) is 0 Å². The lowest BCUT2D eigenvalue weighted by molar-refractivity contribution is -0.112. The lowest BCUT2D eigenvalue weighted by Crippen LogP contribution is -2.39. The Labute approximate surface area is 466 Å². The van der Waals surface area contributed by atoms with Gasteiger partial charge in [-0.2, -0.15) is 4.98 Å². The summed E-state index contributed by atoms with van der Waals surface area (Å²) < 4.78 is 21.8. The Morgan fingerprint density at radius 2 is 1.08 bits per heavy atom. The highest BCUT2D eigenvalue weighted by Crippen LogP contribution is 2.35. The van der Waals surface area contributed by atoms with Crippen LogP contribution in [0.4, 0.5) is 61.3 Å². The van der Waals surface area contributed by atoms with Crippen molar-refractivity contribution in [2.75, 3.05) is 59.6 Å². The summed E-state index contributed by atoms with van der Waals surface area (Å²) in [5, 5.41) is 15.3. The first kappa shape index (κ1) is 59.3. The van der Waals surface area contributed by atoms with Crippen LogP contribution in [-0.4, -0.2) is 92.2 Å². The first-order chi connectivity index (χ1) is 37.4. The molecule has 416 valence electrons. The first-order valence-electron chi connectivity index (χ1n) is 25.2. The summed E-state index contributed by atoms with van der Waals surface area (Å²) in [6.45, 7) is 24.0. The van der Waals surface area contributed by atoms with Crippen LogP contribution in [0.1, 0.15) is 74.9 Å². The smallest absolute Gasteiger partial charge is 0.410 e. The van der Waals surface area contributed by atoms with Gasteiger partial charge in [-0.3, -0.25) is 9.59 Å². The Kier molecular flexibility index (Phi) is 19.9. The van der Waals surface area contributed by atoms with Crippen molar-refractivity contribution in [3.63, 3.8) is 0 Å². The molecule has 21 heteroatoms. The van der Waals surface area contributed by atoms with Gasteiger partial charge in [0.1, 0.15) is 34.3 Å². The maximum absolute atomic E-state index is 12.6. The number of ether oxygens (including phenoxy) is 4. The Hall–Kier alpha value is -8.91. The Bertz CT molecular complexity index is 3210. The van der Waals surface area contributed by atoms with E-state index in [0.717, 1.165) is 51.3 Å². The van der Waals surface area contributed by atoms with Gasteiger partial charge in [0, 0.05) is 72.4 Å². The maximum Gasteiger partial charge on any atom is 0.410 e. The van der Waals surface area contributed by atoms with Crippen LogP contribution in [0.3, 0.4) is 0 Å². The normalized spacial score (nSPS) is 12.5. The van der Waals surface area contributed by atoms with E-state index in [1.54, 1.807) is 54.6 Å². The van der Waals surface area contributed by atoms with Gasteiger partial charge in [0.2, 0.25) is 23.0 Å². The minimum Gasteiger partial charge on any atom is -0.495 e. The highest BCUT2D eigenvalue weighted by molar-refractivity contribution is 6.28. The number of rotatable bonds is 12. The molecule has 0 aliphatic carbocycles. The van der Waals surface area contributed by atoms with Crippen molar-refractivity contribution in [1.29, 1.82) is 0 Å². The van der Waals surface area contributed by atoms with Crippen LogP contribution in [0, 0.1) is 13.8 Å². The van der Waals surface area contributed by atoms with Crippen LogP contribution in [0.25, 0.3) is 0 Å². The molecule has 2 aliphatic rings. The summed E-state index contributed by atoms with van der Waals surface area (Å²) in [7, 11) is 3.19. The monoisotopic (exact) mass is 1100 g/mol. The summed E-state index contributed by atoms with van der Waals surface area (Å²) in [6, 6.07) is 22.4. The van der Waals surface area contributed by atoms with Crippen molar-refractivity contribution in [1.82, 2.24) is 29.7 Å². The molecule has 4 aromatic carbocycles. The number of hydrogen-bond donors (Lipinski definition) is 6. The zero-order valence-corrected chi connectivity index (χ0v) is 47.1. The zero-order valence-electron chi connectivity index (χ0n) is 46.3. The first-order valence-corrected chi connectivity index (χ1v) is 25.6. The number of fused-ring (bicyclic) bond motifs is 2. The Balaban J connectivity index is 0.000000211. The molecule has 0 atom stereocenters. The van der Waals surface area contributed by atoms with Crippen molar-refractivity contribution in [2.45, 2.75) is 92.5 Å². The third-order valence-corrected chi connectivity index (χ3v) is 11.9. The molecule has 2 aromatic heterocycles. The van der Waals surface area contributed by atoms with Crippen molar-refractivity contribution in [3.05, 3.63) is 149 Å². The van der Waals surface area contributed by atoms with Gasteiger partial charge >= 0.3 is 12.2 Å². The molecule has 4 heterocycles. The molecule has 7 N–H and O–H groups in total. The van der Waals surface area contributed by atoms with E-state index >= 15 is 0 Å². The van der Waals surface area contributed by atoms with E-state index in [0.29, 0.717) is 78.7 Å². The standard InChI is InChI=1S/C29H34N6O4.C15H22N2O3.C14H13ClN4O/c1-7-25(36)31-21-9-8-10-22(15-21)32-26-18(2)16-30-27(34-26)33-23-13-19-11-12-35(28(37)39-29(3,4)5)17-20(19)14-24(23)38-6;1-15(2,3)20-14(18)17-6-5-10-7-12(16)13(19-4)8-11(10)9-17;1-3-12(20)17-10-5-4-6-11(7-10)18-13-9(2)8-16-14(15)19-13/h7-10,13-16H,1,11-12,17H2,2-6H3,(H,31,36)(H2,30,32,33,34);7-8H,5-6,9,16H2,1-4H3;3-8H,1H2,2H3,(H,17,20)(H,16,18,19). The minimum absolute atomic E-state index is 0.175. The number of carbonyl (C=O) groups excluding carboxylic acids is 4. The van der Waals surface area contributed by atoms with Gasteiger partial charge in [-0.05, 0) is 175 Å². The number of amides is 4. The number of halogens is 1. The summed E-state index contributed by atoms with van der Waals surface area (Å²) >= 11 is 5.77. The maximum atomic E-state index is 12.6. The van der Waals surface area contributed by atoms with E-state index in [4.69, 9.17) is 36.3 Å². The van der Waals surface area contributed by atoms with Crippen molar-refractivity contribution in [3.8, 4) is 11.5 Å². The number of nitrogens with one attached hydrogen (secondary N) is 5. The number of aryl methyl sites for hydroxylation is 2. The van der Waals surface area contributed by atoms with E-state index in [2.05, 4.69) is 59.7 Å². The van der Waals surface area contributed by atoms with Crippen LogP contribution in [0.5, 0.6) is 11.5 Å². The molecule has 0 saturated carbocycles. The molecule has 6 aromatic rings. The quantitative estimate of drug-likeness (QED) is 0.0379. The molecule has 2 aliphatic heterocycles. The van der Waals surface area contributed by atoms with E-state index in [1.807, 2.05) is 110 Å². The van der Waals surface area contributed by atoms with Crippen LogP contribution in [0.15, 0.2) is 111 Å². The van der Waals surface area contributed by atoms with Crippen LogP contribution in [-0.2, 0) is 45.0 Å². The Morgan fingerprint density at radius 3 is 1.56 bits per heavy atom. The average molecular weight is 1100 g/mol. The molecule has 0 unspecified atom stereocenters. The van der Waals surface area contributed by atoms with E-state index in [9.17, 15) is 19.2 Å². The van der Waals surface area contributed by atoms with Crippen LogP contribution in [0.2, 0.25) is 5.28 Å². The molecule has 79 heavy (non-hydrogen) atoms. The van der Waals surface area contributed by atoms with Crippen LogP contribution >= 0.6 is 11.6 Å². The van der Waals surface area contributed by atoms with E-state index in [-0.39, 0.29) is 29.3 Å². The highest BCUT2D eigenvalue weighted by atomic mass is 35.5. The molecule has 0 radical (unpaired) electrons. The van der Waals surface area contributed by atoms with Crippen LogP contribution < -0.4 is 41.8 Å². The lowest BCUT2D eigenvalue weighted by atomic mass is 9.98. The molecular formula is C58H69ClN12O8. The average Bonchev–Trinajstić information content (AvgIpc) is 3.41. The topological polar surface area (TPSA) is 249 Å². The predicted octanol–water partition coefficient (Wildman–Crippen LogP) is 11.6. The second kappa shape index (κ2) is 26.4. The van der Waals surface area contributed by atoms with Gasteiger partial charge in [-0.25, -0.2) is 24.5 Å². The number of anilines is 9. The third kappa shape index (κ3) is 17.6. The van der Waals surface area contributed by atoms with Gasteiger partial charge in [-0.1, -0.05) is 25.3 Å². The largest absolute Gasteiger partial charge is 0.495 e. The van der Waals surface area contributed by atoms with Gasteiger partial charge in [0.25, 0.3) is 0 Å². The lowest BCUT2D eigenvalue weighted by Gasteiger charge is -2.31. The van der Waals surface area contributed by atoms with E-state index < -0.39 is 11.2 Å². The number of nitrogen functional groups attached to an aromatic ring is 1. The van der Waals surface area contributed by atoms with Gasteiger partial charge in [0.05, 0.1) is 25.6 Å². The molecule has 4 amide bonds. The fourth-order valence-electron chi connectivity index (χ4n) is 7.91. The number of carbonyl (C=O) groups is 4. The third-order valence-electron chi connectivity index (χ3n) is 11.7. The fraction of sp³-hybridized carbons (Fsp3) is 0.310. The Morgan fingerprint density at radius 1 is 0.620 bits per heavy atom. The number of hydrogen-bond acceptors (Lipinski definition) is 16. The number of benzene rings is 4. The van der Waals surface area contributed by atoms with Gasteiger partial charge in [-0.15, -0.1) is 0 Å². The summed E-state index contributed by atoms with van der Waals surface area (Å²) in [5.41, 5.74) is 15.2.